The molecule has 1 amide bonds. The van der Waals surface area contributed by atoms with Crippen molar-refractivity contribution in [1.29, 1.82) is 0 Å². The molecule has 122 valence electrons. The Balaban J connectivity index is 1.64. The lowest BCUT2D eigenvalue weighted by atomic mass is 9.93. The van der Waals surface area contributed by atoms with E-state index >= 15 is 0 Å². The second-order valence-electron chi connectivity index (χ2n) is 6.08. The molecule has 3 aromatic rings. The number of nitrogens with one attached hydrogen (secondary N) is 1. The molecule has 2 heterocycles. The van der Waals surface area contributed by atoms with Gasteiger partial charge in [-0.3, -0.25) is 9.69 Å². The highest BCUT2D eigenvalue weighted by molar-refractivity contribution is 5.82. The van der Waals surface area contributed by atoms with Gasteiger partial charge in [-0.05, 0) is 29.7 Å². The monoisotopic (exact) mass is 321 g/mol. The topological polar surface area (TPSA) is 58.4 Å². The molecule has 1 aromatic heterocycles. The first-order valence-corrected chi connectivity index (χ1v) is 8.11. The summed E-state index contributed by atoms with van der Waals surface area (Å²) in [6, 6.07) is 15.8. The smallest absolute Gasteiger partial charge is 0.237 e. The number of nitrogens with zero attached hydrogens (tertiary/aromatic N) is 2. The number of hydrogen-bond acceptors (Lipinski definition) is 4. The Morgan fingerprint density at radius 2 is 1.96 bits per heavy atom. The molecule has 0 unspecified atom stereocenters. The fourth-order valence-electron chi connectivity index (χ4n) is 3.33. The average Bonchev–Trinajstić information content (AvgIpc) is 3.02. The molecule has 2 aromatic carbocycles. The summed E-state index contributed by atoms with van der Waals surface area (Å²) in [7, 11) is 1.68. The molecule has 5 nitrogen and oxygen atoms in total. The highest BCUT2D eigenvalue weighted by Crippen LogP contribution is 2.26. The minimum absolute atomic E-state index is 0.0283. The van der Waals surface area contributed by atoms with Gasteiger partial charge >= 0.3 is 0 Å². The van der Waals surface area contributed by atoms with Gasteiger partial charge in [0.05, 0.1) is 12.6 Å². The van der Waals surface area contributed by atoms with Gasteiger partial charge in [-0.15, -0.1) is 0 Å². The Morgan fingerprint density at radius 3 is 2.75 bits per heavy atom. The number of carbonyl (C=O) groups excluding carboxylic acids is 1. The predicted octanol–water partition coefficient (Wildman–Crippen LogP) is 2.50. The molecule has 0 aliphatic carbocycles. The van der Waals surface area contributed by atoms with Gasteiger partial charge in [0.25, 0.3) is 0 Å². The van der Waals surface area contributed by atoms with E-state index in [1.54, 1.807) is 7.05 Å². The summed E-state index contributed by atoms with van der Waals surface area (Å²) in [6.45, 7) is 1.23. The molecular weight excluding hydrogens is 302 g/mol. The molecule has 0 spiro atoms. The number of aromatic nitrogens is 1. The van der Waals surface area contributed by atoms with Crippen LogP contribution in [0.4, 0.5) is 0 Å². The van der Waals surface area contributed by atoms with Crippen LogP contribution in [-0.4, -0.2) is 28.9 Å². The molecule has 0 saturated heterocycles. The number of likely N-dealkylation sites (N-methyl/N-ethyl adjacent to an activating group) is 1. The highest BCUT2D eigenvalue weighted by atomic mass is 16.3. The van der Waals surface area contributed by atoms with Gasteiger partial charge in [0.2, 0.25) is 11.8 Å². The van der Waals surface area contributed by atoms with Crippen LogP contribution in [0, 0.1) is 0 Å². The van der Waals surface area contributed by atoms with Gasteiger partial charge in [-0.1, -0.05) is 36.4 Å². The number of carbonyl (C=O) groups is 1. The Kier molecular flexibility index (Phi) is 3.78. The van der Waals surface area contributed by atoms with Crippen LogP contribution in [0.25, 0.3) is 11.1 Å². The number of para-hydroxylation sites is 2. The first-order chi connectivity index (χ1) is 11.7. The van der Waals surface area contributed by atoms with Crippen molar-refractivity contribution in [3.05, 3.63) is 65.5 Å². The Bertz CT molecular complexity index is 854. The molecular formula is C19H19N3O2. The van der Waals surface area contributed by atoms with E-state index in [0.717, 1.165) is 11.1 Å². The van der Waals surface area contributed by atoms with Gasteiger partial charge in [0.1, 0.15) is 5.52 Å². The second kappa shape index (κ2) is 6.09. The maximum atomic E-state index is 12.3. The number of hydrogen-bond donors (Lipinski definition) is 1. The van der Waals surface area contributed by atoms with Crippen LogP contribution in [-0.2, 0) is 24.3 Å². The third-order valence-electron chi connectivity index (χ3n) is 4.57. The number of benzene rings is 2. The van der Waals surface area contributed by atoms with Crippen LogP contribution in [0.2, 0.25) is 0 Å². The normalized spacial score (nSPS) is 17.6. The van der Waals surface area contributed by atoms with Gasteiger partial charge < -0.3 is 9.73 Å². The zero-order chi connectivity index (χ0) is 16.5. The molecule has 1 atom stereocenters. The van der Waals surface area contributed by atoms with E-state index in [1.807, 2.05) is 36.4 Å². The number of amides is 1. The van der Waals surface area contributed by atoms with E-state index < -0.39 is 0 Å². The summed E-state index contributed by atoms with van der Waals surface area (Å²) in [5.41, 5.74) is 4.12. The van der Waals surface area contributed by atoms with Crippen molar-refractivity contribution in [2.45, 2.75) is 25.6 Å². The lowest BCUT2D eigenvalue weighted by Gasteiger charge is -2.34. The Labute approximate surface area is 140 Å². The molecule has 5 heteroatoms. The van der Waals surface area contributed by atoms with Crippen molar-refractivity contribution >= 4 is 17.0 Å². The summed E-state index contributed by atoms with van der Waals surface area (Å²) in [6.07, 6.45) is 0.704. The molecule has 0 radical (unpaired) electrons. The number of fused-ring (bicyclic) bond motifs is 2. The van der Waals surface area contributed by atoms with E-state index in [1.165, 1.54) is 11.1 Å². The third kappa shape index (κ3) is 2.67. The number of oxazole rings is 1. The van der Waals surface area contributed by atoms with Gasteiger partial charge in [-0.25, -0.2) is 4.98 Å². The van der Waals surface area contributed by atoms with Crippen molar-refractivity contribution in [2.24, 2.45) is 0 Å². The van der Waals surface area contributed by atoms with Crippen LogP contribution in [0.15, 0.2) is 52.9 Å². The van der Waals surface area contributed by atoms with E-state index in [9.17, 15) is 4.79 Å². The van der Waals surface area contributed by atoms with Crippen LogP contribution >= 0.6 is 0 Å². The molecule has 0 fully saturated rings. The van der Waals surface area contributed by atoms with Crippen molar-refractivity contribution < 1.29 is 9.21 Å². The average molecular weight is 321 g/mol. The SMILES string of the molecule is CNC(=O)[C@H]1Cc2ccccc2CN1Cc1nc2ccccc2o1. The second-order valence-corrected chi connectivity index (χ2v) is 6.08. The molecule has 1 aliphatic rings. The maximum Gasteiger partial charge on any atom is 0.237 e. The van der Waals surface area contributed by atoms with Crippen LogP contribution in [0.3, 0.4) is 0 Å². The van der Waals surface area contributed by atoms with E-state index in [4.69, 9.17) is 4.42 Å². The first kappa shape index (κ1) is 14.9. The zero-order valence-electron chi connectivity index (χ0n) is 13.5. The van der Waals surface area contributed by atoms with Crippen LogP contribution in [0.5, 0.6) is 0 Å². The summed E-state index contributed by atoms with van der Waals surface area (Å²) in [5.74, 6) is 0.671. The van der Waals surface area contributed by atoms with E-state index in [2.05, 4.69) is 27.3 Å². The Morgan fingerprint density at radius 1 is 1.21 bits per heavy atom. The zero-order valence-corrected chi connectivity index (χ0v) is 13.5. The lowest BCUT2D eigenvalue weighted by Crippen LogP contribution is -2.49. The first-order valence-electron chi connectivity index (χ1n) is 8.11. The summed E-state index contributed by atoms with van der Waals surface area (Å²) in [4.78, 5) is 19.0. The summed E-state index contributed by atoms with van der Waals surface area (Å²) >= 11 is 0. The van der Waals surface area contributed by atoms with Crippen molar-refractivity contribution in [2.75, 3.05) is 7.05 Å². The van der Waals surface area contributed by atoms with Gasteiger partial charge in [0, 0.05) is 13.6 Å². The van der Waals surface area contributed by atoms with Gasteiger partial charge in [-0.2, -0.15) is 0 Å². The van der Waals surface area contributed by atoms with E-state index in [-0.39, 0.29) is 11.9 Å². The van der Waals surface area contributed by atoms with Crippen molar-refractivity contribution in [1.82, 2.24) is 15.2 Å². The van der Waals surface area contributed by atoms with E-state index in [0.29, 0.717) is 25.4 Å². The van der Waals surface area contributed by atoms with Crippen LogP contribution in [0.1, 0.15) is 17.0 Å². The highest BCUT2D eigenvalue weighted by Gasteiger charge is 2.31. The standard InChI is InChI=1S/C19H19N3O2/c1-20-19(23)16-10-13-6-2-3-7-14(13)11-22(16)12-18-21-15-8-4-5-9-17(15)24-18/h2-9,16H,10-12H2,1H3,(H,20,23)/t16-/m1/s1. The van der Waals surface area contributed by atoms with Gasteiger partial charge in [0.15, 0.2) is 5.58 Å². The molecule has 0 saturated carbocycles. The maximum absolute atomic E-state index is 12.3. The summed E-state index contributed by atoms with van der Waals surface area (Å²) in [5, 5.41) is 2.78. The molecule has 0 bridgehead atoms. The van der Waals surface area contributed by atoms with Crippen molar-refractivity contribution in [3.63, 3.8) is 0 Å². The Hall–Kier alpha value is -2.66. The fourth-order valence-corrected chi connectivity index (χ4v) is 3.33. The third-order valence-corrected chi connectivity index (χ3v) is 4.57. The van der Waals surface area contributed by atoms with Crippen molar-refractivity contribution in [3.8, 4) is 0 Å². The minimum atomic E-state index is -0.208. The number of rotatable bonds is 3. The largest absolute Gasteiger partial charge is 0.439 e. The minimum Gasteiger partial charge on any atom is -0.439 e. The quantitative estimate of drug-likeness (QED) is 0.805. The summed E-state index contributed by atoms with van der Waals surface area (Å²) < 4.78 is 5.84. The molecule has 1 aliphatic heterocycles. The molecule has 24 heavy (non-hydrogen) atoms. The lowest BCUT2D eigenvalue weighted by molar-refractivity contribution is -0.126. The van der Waals surface area contributed by atoms with Crippen LogP contribution < -0.4 is 5.32 Å². The molecule has 1 N–H and O–H groups in total. The fraction of sp³-hybridized carbons (Fsp3) is 0.263. The molecule has 4 rings (SSSR count). The predicted molar refractivity (Wildman–Crippen MR) is 91.3 cm³/mol.